The quantitative estimate of drug-likeness (QED) is 0.494. The van der Waals surface area contributed by atoms with Crippen molar-refractivity contribution in [3.63, 3.8) is 0 Å². The number of H-pyrrole nitrogens is 1. The second-order valence-corrected chi connectivity index (χ2v) is 5.94. The van der Waals surface area contributed by atoms with Gasteiger partial charge in [-0.2, -0.15) is 0 Å². The van der Waals surface area contributed by atoms with Gasteiger partial charge in [-0.3, -0.25) is 4.79 Å². The Morgan fingerprint density at radius 2 is 1.86 bits per heavy atom. The smallest absolute Gasteiger partial charge is 0.332 e. The van der Waals surface area contributed by atoms with Gasteiger partial charge in [0, 0.05) is 5.56 Å². The number of imidazole rings is 1. The Labute approximate surface area is 158 Å². The third kappa shape index (κ3) is 2.75. The second kappa shape index (κ2) is 6.54. The van der Waals surface area contributed by atoms with Gasteiger partial charge in [0.1, 0.15) is 17.0 Å². The Bertz CT molecular complexity index is 1260. The summed E-state index contributed by atoms with van der Waals surface area (Å²) < 4.78 is 6.64. The molecule has 0 bridgehead atoms. The number of rotatable bonds is 4. The normalized spacial score (nSPS) is 10.9. The number of methoxy groups -OCH3 is 1. The van der Waals surface area contributed by atoms with E-state index in [1.807, 2.05) is 0 Å². The molecule has 0 spiro atoms. The van der Waals surface area contributed by atoms with Gasteiger partial charge in [0.25, 0.3) is 5.91 Å². The number of amides is 1. The lowest BCUT2D eigenvalue weighted by atomic mass is 10.2. The minimum absolute atomic E-state index is 0.0764. The van der Waals surface area contributed by atoms with Crippen LogP contribution in [0, 0.1) is 0 Å². The average molecular weight is 377 g/mol. The van der Waals surface area contributed by atoms with Crippen molar-refractivity contribution in [3.8, 4) is 28.6 Å². The van der Waals surface area contributed by atoms with Crippen molar-refractivity contribution in [2.24, 2.45) is 5.73 Å². The third-order valence-corrected chi connectivity index (χ3v) is 4.22. The number of phenolic OH excluding ortho intramolecular Hbond substituents is 1. The van der Waals surface area contributed by atoms with E-state index in [9.17, 15) is 14.7 Å². The predicted molar refractivity (Wildman–Crippen MR) is 102 cm³/mol. The highest BCUT2D eigenvalue weighted by atomic mass is 16.5. The first-order chi connectivity index (χ1) is 13.5. The number of aromatic amines is 1. The highest BCUT2D eigenvalue weighted by Crippen LogP contribution is 2.26. The topological polar surface area (TPSA) is 136 Å². The molecule has 9 heteroatoms. The number of fused-ring (bicyclic) bond motifs is 1. The summed E-state index contributed by atoms with van der Waals surface area (Å²) in [5, 5.41) is 9.49. The molecule has 1 amide bonds. The molecular formula is C19H15N5O4. The molecule has 4 aromatic rings. The van der Waals surface area contributed by atoms with E-state index in [1.165, 1.54) is 23.8 Å². The summed E-state index contributed by atoms with van der Waals surface area (Å²) in [6.45, 7) is 0. The number of nitrogens with zero attached hydrogens (tertiary/aromatic N) is 3. The van der Waals surface area contributed by atoms with E-state index in [4.69, 9.17) is 10.5 Å². The average Bonchev–Trinajstić information content (AvgIpc) is 3.03. The van der Waals surface area contributed by atoms with Gasteiger partial charge in [0.05, 0.1) is 12.8 Å². The molecule has 2 aromatic carbocycles. The molecule has 0 saturated heterocycles. The second-order valence-electron chi connectivity index (χ2n) is 5.94. The molecular weight excluding hydrogens is 362 g/mol. The van der Waals surface area contributed by atoms with Crippen LogP contribution in [0.3, 0.4) is 0 Å². The SMILES string of the molecule is COc1ccccc1-n1c(=O)[nH]c2c(C(N)=O)nc(-c3ccc(O)cc3)nc21. The van der Waals surface area contributed by atoms with Gasteiger partial charge < -0.3 is 20.6 Å². The van der Waals surface area contributed by atoms with Crippen LogP contribution in [0.1, 0.15) is 10.5 Å². The summed E-state index contributed by atoms with van der Waals surface area (Å²) in [5.74, 6) is -0.0896. The van der Waals surface area contributed by atoms with Gasteiger partial charge in [-0.15, -0.1) is 0 Å². The summed E-state index contributed by atoms with van der Waals surface area (Å²) in [5.41, 5.74) is 6.16. The third-order valence-electron chi connectivity index (χ3n) is 4.22. The van der Waals surface area contributed by atoms with E-state index >= 15 is 0 Å². The number of benzene rings is 2. The summed E-state index contributed by atoms with van der Waals surface area (Å²) >= 11 is 0. The van der Waals surface area contributed by atoms with Crippen LogP contribution in [0.15, 0.2) is 53.3 Å². The number of hydrogen-bond acceptors (Lipinski definition) is 6. The Kier molecular flexibility index (Phi) is 4.04. The first-order valence-corrected chi connectivity index (χ1v) is 8.25. The van der Waals surface area contributed by atoms with Crippen LogP contribution in [-0.4, -0.2) is 37.6 Å². The number of ether oxygens (including phenoxy) is 1. The molecule has 28 heavy (non-hydrogen) atoms. The standard InChI is InChI=1S/C19H15N5O4/c1-28-13-5-3-2-4-12(13)24-18-15(22-19(24)27)14(16(20)26)21-17(23-18)10-6-8-11(25)9-7-10/h2-9,25H,1H3,(H2,20,26)(H,22,27). The molecule has 0 aliphatic rings. The number of nitrogens with one attached hydrogen (secondary N) is 1. The largest absolute Gasteiger partial charge is 0.508 e. The molecule has 2 heterocycles. The molecule has 4 rings (SSSR count). The lowest BCUT2D eigenvalue weighted by molar-refractivity contribution is 0.0997. The van der Waals surface area contributed by atoms with Crippen LogP contribution in [0.4, 0.5) is 0 Å². The fourth-order valence-corrected chi connectivity index (χ4v) is 2.94. The van der Waals surface area contributed by atoms with E-state index in [2.05, 4.69) is 15.0 Å². The number of para-hydroxylation sites is 2. The minimum Gasteiger partial charge on any atom is -0.508 e. The monoisotopic (exact) mass is 377 g/mol. The summed E-state index contributed by atoms with van der Waals surface area (Å²) in [6.07, 6.45) is 0. The molecule has 0 aliphatic carbocycles. The Hall–Kier alpha value is -4.14. The fourth-order valence-electron chi connectivity index (χ4n) is 2.94. The lowest BCUT2D eigenvalue weighted by Crippen LogP contribution is -2.16. The molecule has 2 aromatic heterocycles. The van der Waals surface area contributed by atoms with Gasteiger partial charge in [-0.1, -0.05) is 12.1 Å². The van der Waals surface area contributed by atoms with Gasteiger partial charge in [-0.25, -0.2) is 19.3 Å². The molecule has 0 radical (unpaired) electrons. The van der Waals surface area contributed by atoms with E-state index in [0.717, 1.165) is 0 Å². The van der Waals surface area contributed by atoms with Gasteiger partial charge in [0.2, 0.25) is 0 Å². The van der Waals surface area contributed by atoms with Crippen molar-refractivity contribution in [1.29, 1.82) is 0 Å². The molecule has 140 valence electrons. The van der Waals surface area contributed by atoms with Crippen LogP contribution in [0.25, 0.3) is 28.2 Å². The van der Waals surface area contributed by atoms with Crippen molar-refractivity contribution in [3.05, 3.63) is 64.7 Å². The number of phenols is 1. The van der Waals surface area contributed by atoms with Gasteiger partial charge in [-0.05, 0) is 36.4 Å². The van der Waals surface area contributed by atoms with Gasteiger partial charge in [0.15, 0.2) is 17.2 Å². The zero-order valence-corrected chi connectivity index (χ0v) is 14.7. The van der Waals surface area contributed by atoms with Crippen LogP contribution in [-0.2, 0) is 0 Å². The maximum absolute atomic E-state index is 12.7. The molecule has 0 unspecified atom stereocenters. The van der Waals surface area contributed by atoms with E-state index in [0.29, 0.717) is 17.0 Å². The predicted octanol–water partition coefficient (Wildman–Crippen LogP) is 1.59. The maximum atomic E-state index is 12.7. The zero-order valence-electron chi connectivity index (χ0n) is 14.7. The molecule has 4 N–H and O–H groups in total. The highest BCUT2D eigenvalue weighted by molar-refractivity contribution is 6.02. The highest BCUT2D eigenvalue weighted by Gasteiger charge is 2.21. The van der Waals surface area contributed by atoms with Crippen LogP contribution >= 0.6 is 0 Å². The molecule has 9 nitrogen and oxygen atoms in total. The maximum Gasteiger partial charge on any atom is 0.332 e. The van der Waals surface area contributed by atoms with Crippen molar-refractivity contribution in [2.75, 3.05) is 7.11 Å². The number of aromatic nitrogens is 4. The lowest BCUT2D eigenvalue weighted by Gasteiger charge is -2.09. The van der Waals surface area contributed by atoms with Crippen LogP contribution in [0.2, 0.25) is 0 Å². The minimum atomic E-state index is -0.805. The first kappa shape index (κ1) is 17.3. The number of aromatic hydroxyl groups is 1. The Balaban J connectivity index is 2.07. The Morgan fingerprint density at radius 3 is 2.54 bits per heavy atom. The van der Waals surface area contributed by atoms with E-state index in [1.54, 1.807) is 36.4 Å². The first-order valence-electron chi connectivity index (χ1n) is 8.25. The zero-order chi connectivity index (χ0) is 19.8. The van der Waals surface area contributed by atoms with E-state index < -0.39 is 11.6 Å². The molecule has 0 atom stereocenters. The number of carbonyl (C=O) groups excluding carboxylic acids is 1. The van der Waals surface area contributed by atoms with Crippen molar-refractivity contribution in [1.82, 2.24) is 19.5 Å². The van der Waals surface area contributed by atoms with E-state index in [-0.39, 0.29) is 28.4 Å². The number of carbonyl (C=O) groups is 1. The van der Waals surface area contributed by atoms with Crippen molar-refractivity contribution < 1.29 is 14.6 Å². The van der Waals surface area contributed by atoms with Crippen LogP contribution < -0.4 is 16.2 Å². The molecule has 0 fully saturated rings. The van der Waals surface area contributed by atoms with Crippen LogP contribution in [0.5, 0.6) is 11.5 Å². The fraction of sp³-hybridized carbons (Fsp3) is 0.0526. The summed E-state index contributed by atoms with van der Waals surface area (Å²) in [6, 6.07) is 13.1. The van der Waals surface area contributed by atoms with Crippen molar-refractivity contribution in [2.45, 2.75) is 0 Å². The number of hydrogen-bond donors (Lipinski definition) is 3. The summed E-state index contributed by atoms with van der Waals surface area (Å²) in [7, 11) is 1.49. The molecule has 0 saturated carbocycles. The number of primary amides is 1. The van der Waals surface area contributed by atoms with Crippen molar-refractivity contribution >= 4 is 17.1 Å². The van der Waals surface area contributed by atoms with Gasteiger partial charge >= 0.3 is 5.69 Å². The number of nitrogens with two attached hydrogens (primary N) is 1. The Morgan fingerprint density at radius 1 is 1.14 bits per heavy atom. The summed E-state index contributed by atoms with van der Waals surface area (Å²) in [4.78, 5) is 35.9. The molecule has 0 aliphatic heterocycles.